The quantitative estimate of drug-likeness (QED) is 0.703. The van der Waals surface area contributed by atoms with Crippen LogP contribution in [0.2, 0.25) is 0 Å². The lowest BCUT2D eigenvalue weighted by Gasteiger charge is -2.26. The van der Waals surface area contributed by atoms with Crippen molar-refractivity contribution in [3.8, 4) is 0 Å². The molecule has 1 aromatic rings. The molecule has 0 fully saturated rings. The van der Waals surface area contributed by atoms with Crippen LogP contribution in [0.4, 0.5) is 5.69 Å². The molecule has 0 aliphatic carbocycles. The molecular formula is C11H15N3O3. The third kappa shape index (κ3) is 4.10. The minimum absolute atomic E-state index is 0.0510. The van der Waals surface area contributed by atoms with Crippen LogP contribution in [0.1, 0.15) is 30.8 Å². The van der Waals surface area contributed by atoms with Gasteiger partial charge in [0.25, 0.3) is 0 Å². The highest BCUT2D eigenvalue weighted by Crippen LogP contribution is 2.18. The van der Waals surface area contributed by atoms with Crippen molar-refractivity contribution in [2.75, 3.05) is 5.32 Å². The Labute approximate surface area is 98.8 Å². The van der Waals surface area contributed by atoms with Gasteiger partial charge in [-0.05, 0) is 26.0 Å². The Bertz CT molecular complexity index is 443. The van der Waals surface area contributed by atoms with Crippen LogP contribution in [0.5, 0.6) is 0 Å². The predicted molar refractivity (Wildman–Crippen MR) is 62.7 cm³/mol. The summed E-state index contributed by atoms with van der Waals surface area (Å²) in [6.45, 7) is 3.61. The molecule has 1 heterocycles. The molecule has 0 radical (unpaired) electrons. The first kappa shape index (κ1) is 13.0. The minimum Gasteiger partial charge on any atom is -0.477 e. The number of amides is 1. The van der Waals surface area contributed by atoms with Crippen molar-refractivity contribution in [2.45, 2.75) is 25.8 Å². The number of nitrogens with two attached hydrogens (primary N) is 1. The van der Waals surface area contributed by atoms with Crippen molar-refractivity contribution >= 4 is 17.6 Å². The van der Waals surface area contributed by atoms with E-state index in [2.05, 4.69) is 10.3 Å². The molecule has 1 amide bonds. The van der Waals surface area contributed by atoms with Crippen molar-refractivity contribution < 1.29 is 14.7 Å². The maximum Gasteiger partial charge on any atom is 0.354 e. The summed E-state index contributed by atoms with van der Waals surface area (Å²) >= 11 is 0. The first-order valence-corrected chi connectivity index (χ1v) is 5.06. The third-order valence-corrected chi connectivity index (χ3v) is 2.08. The van der Waals surface area contributed by atoms with E-state index in [1.165, 1.54) is 12.3 Å². The van der Waals surface area contributed by atoms with E-state index in [9.17, 15) is 9.59 Å². The first-order chi connectivity index (χ1) is 7.80. The Morgan fingerprint density at radius 3 is 2.71 bits per heavy atom. The molecule has 0 aliphatic heterocycles. The number of anilines is 1. The van der Waals surface area contributed by atoms with E-state index >= 15 is 0 Å². The van der Waals surface area contributed by atoms with Gasteiger partial charge in [-0.1, -0.05) is 0 Å². The summed E-state index contributed by atoms with van der Waals surface area (Å²) < 4.78 is 0. The van der Waals surface area contributed by atoms with Gasteiger partial charge in [0.1, 0.15) is 5.69 Å². The van der Waals surface area contributed by atoms with Gasteiger partial charge in [0, 0.05) is 23.8 Å². The van der Waals surface area contributed by atoms with Crippen molar-refractivity contribution in [2.24, 2.45) is 5.73 Å². The number of hydrogen-bond acceptors (Lipinski definition) is 4. The molecule has 0 spiro atoms. The van der Waals surface area contributed by atoms with E-state index in [1.807, 2.05) is 0 Å². The number of rotatable bonds is 5. The van der Waals surface area contributed by atoms with E-state index in [4.69, 9.17) is 10.8 Å². The van der Waals surface area contributed by atoms with Crippen LogP contribution in [0.25, 0.3) is 0 Å². The molecule has 1 rings (SSSR count). The lowest BCUT2D eigenvalue weighted by Crippen LogP contribution is -2.36. The zero-order valence-corrected chi connectivity index (χ0v) is 9.73. The van der Waals surface area contributed by atoms with Gasteiger partial charge in [-0.2, -0.15) is 0 Å². The van der Waals surface area contributed by atoms with Crippen LogP contribution in [-0.2, 0) is 4.79 Å². The zero-order chi connectivity index (χ0) is 13.1. The minimum atomic E-state index is -1.10. The van der Waals surface area contributed by atoms with E-state index < -0.39 is 17.4 Å². The second kappa shape index (κ2) is 4.82. The number of carboxylic acids is 1. The number of hydrogen-bond donors (Lipinski definition) is 3. The van der Waals surface area contributed by atoms with Crippen LogP contribution in [0.3, 0.4) is 0 Å². The standard InChI is InChI=1S/C11H15N3O3/c1-11(2,6-9(12)15)14-7-3-4-13-8(5-7)10(16)17/h3-5H,6H2,1-2H3,(H2,12,15)(H,13,14)(H,16,17). The maximum absolute atomic E-state index is 10.9. The lowest BCUT2D eigenvalue weighted by atomic mass is 10.00. The van der Waals surface area contributed by atoms with Crippen LogP contribution in [0.15, 0.2) is 18.3 Å². The van der Waals surface area contributed by atoms with Gasteiger partial charge in [-0.3, -0.25) is 4.79 Å². The number of carbonyl (C=O) groups is 2. The van der Waals surface area contributed by atoms with Crippen LogP contribution >= 0.6 is 0 Å². The Kier molecular flexibility index (Phi) is 3.67. The monoisotopic (exact) mass is 237 g/mol. The molecule has 4 N–H and O–H groups in total. The molecule has 0 bridgehead atoms. The van der Waals surface area contributed by atoms with E-state index in [0.29, 0.717) is 5.69 Å². The Morgan fingerprint density at radius 1 is 1.53 bits per heavy atom. The maximum atomic E-state index is 10.9. The summed E-state index contributed by atoms with van der Waals surface area (Å²) in [5, 5.41) is 11.8. The van der Waals surface area contributed by atoms with Crippen LogP contribution < -0.4 is 11.1 Å². The molecule has 0 atom stereocenters. The van der Waals surface area contributed by atoms with Gasteiger partial charge in [0.15, 0.2) is 0 Å². The zero-order valence-electron chi connectivity index (χ0n) is 9.73. The second-order valence-corrected chi connectivity index (χ2v) is 4.39. The number of carboxylic acid groups (broad SMARTS) is 1. The predicted octanol–water partition coefficient (Wildman–Crippen LogP) is 0.846. The molecule has 0 aromatic carbocycles. The number of nitrogens with zero attached hydrogens (tertiary/aromatic N) is 1. The van der Waals surface area contributed by atoms with Gasteiger partial charge in [-0.25, -0.2) is 9.78 Å². The summed E-state index contributed by atoms with van der Waals surface area (Å²) in [6.07, 6.45) is 1.55. The second-order valence-electron chi connectivity index (χ2n) is 4.39. The average Bonchev–Trinajstić information content (AvgIpc) is 2.14. The van der Waals surface area contributed by atoms with E-state index in [0.717, 1.165) is 0 Å². The molecule has 0 saturated carbocycles. The van der Waals surface area contributed by atoms with Crippen molar-refractivity contribution in [3.63, 3.8) is 0 Å². The fourth-order valence-corrected chi connectivity index (χ4v) is 1.50. The Hall–Kier alpha value is -2.11. The summed E-state index contributed by atoms with van der Waals surface area (Å²) in [4.78, 5) is 25.3. The molecule has 0 saturated heterocycles. The highest BCUT2D eigenvalue weighted by atomic mass is 16.4. The SMILES string of the molecule is CC(C)(CC(N)=O)Nc1ccnc(C(=O)O)c1. The fraction of sp³-hybridized carbons (Fsp3) is 0.364. The van der Waals surface area contributed by atoms with Gasteiger partial charge < -0.3 is 16.2 Å². The van der Waals surface area contributed by atoms with Gasteiger partial charge in [0.05, 0.1) is 0 Å². The summed E-state index contributed by atoms with van der Waals surface area (Å²) in [6, 6.07) is 3.04. The Balaban J connectivity index is 2.84. The molecule has 6 nitrogen and oxygen atoms in total. The van der Waals surface area contributed by atoms with Crippen LogP contribution in [0, 0.1) is 0 Å². The van der Waals surface area contributed by atoms with Crippen LogP contribution in [-0.4, -0.2) is 27.5 Å². The summed E-state index contributed by atoms with van der Waals surface area (Å²) in [7, 11) is 0. The Morgan fingerprint density at radius 2 is 2.18 bits per heavy atom. The van der Waals surface area contributed by atoms with Gasteiger partial charge >= 0.3 is 5.97 Å². The molecule has 92 valence electrons. The van der Waals surface area contributed by atoms with Crippen molar-refractivity contribution in [3.05, 3.63) is 24.0 Å². The van der Waals surface area contributed by atoms with Crippen molar-refractivity contribution in [1.29, 1.82) is 0 Å². The van der Waals surface area contributed by atoms with E-state index in [-0.39, 0.29) is 12.1 Å². The van der Waals surface area contributed by atoms with Crippen molar-refractivity contribution in [1.82, 2.24) is 4.98 Å². The smallest absolute Gasteiger partial charge is 0.354 e. The number of carbonyl (C=O) groups excluding carboxylic acids is 1. The first-order valence-electron chi connectivity index (χ1n) is 5.06. The summed E-state index contributed by atoms with van der Waals surface area (Å²) in [5.74, 6) is -1.52. The average molecular weight is 237 g/mol. The molecule has 0 unspecified atom stereocenters. The normalized spacial score (nSPS) is 10.9. The fourth-order valence-electron chi connectivity index (χ4n) is 1.50. The highest BCUT2D eigenvalue weighted by molar-refractivity contribution is 5.86. The molecule has 17 heavy (non-hydrogen) atoms. The number of aromatic carboxylic acids is 1. The number of primary amides is 1. The summed E-state index contributed by atoms with van der Waals surface area (Å²) in [5.41, 5.74) is 5.12. The van der Waals surface area contributed by atoms with Gasteiger partial charge in [-0.15, -0.1) is 0 Å². The molecule has 0 aliphatic rings. The molecular weight excluding hydrogens is 222 g/mol. The number of aromatic nitrogens is 1. The highest BCUT2D eigenvalue weighted by Gasteiger charge is 2.20. The topological polar surface area (TPSA) is 105 Å². The number of nitrogens with one attached hydrogen (secondary N) is 1. The lowest BCUT2D eigenvalue weighted by molar-refractivity contribution is -0.118. The van der Waals surface area contributed by atoms with E-state index in [1.54, 1.807) is 19.9 Å². The molecule has 1 aromatic heterocycles. The van der Waals surface area contributed by atoms with Gasteiger partial charge in [0.2, 0.25) is 5.91 Å². The molecule has 6 heteroatoms. The third-order valence-electron chi connectivity index (χ3n) is 2.08. The number of pyridine rings is 1. The largest absolute Gasteiger partial charge is 0.477 e.